The molecule has 1 saturated heterocycles. The van der Waals surface area contributed by atoms with Gasteiger partial charge in [-0.3, -0.25) is 0 Å². The maximum Gasteiger partial charge on any atom is 0.0779 e. The van der Waals surface area contributed by atoms with Gasteiger partial charge >= 0.3 is 0 Å². The minimum atomic E-state index is 0.0156. The van der Waals surface area contributed by atoms with Crippen LogP contribution in [0.5, 0.6) is 0 Å². The van der Waals surface area contributed by atoms with Crippen LogP contribution in [-0.2, 0) is 4.74 Å². The predicted molar refractivity (Wildman–Crippen MR) is 55.9 cm³/mol. The fraction of sp³-hybridized carbons (Fsp3) is 1.00. The van der Waals surface area contributed by atoms with Crippen LogP contribution >= 0.6 is 0 Å². The summed E-state index contributed by atoms with van der Waals surface area (Å²) in [5.74, 6) is 0.790. The molecule has 2 atom stereocenters. The molecule has 1 aliphatic rings. The summed E-state index contributed by atoms with van der Waals surface area (Å²) >= 11 is 0. The highest BCUT2D eigenvalue weighted by Gasteiger charge is 2.33. The number of morpholine rings is 1. The molecule has 0 radical (unpaired) electrons. The van der Waals surface area contributed by atoms with Gasteiger partial charge in [-0.2, -0.15) is 0 Å². The first-order valence-electron chi connectivity index (χ1n) is 5.43. The summed E-state index contributed by atoms with van der Waals surface area (Å²) in [5, 5.41) is 3.55. The first-order chi connectivity index (χ1) is 6.06. The Hall–Kier alpha value is -0.0800. The Morgan fingerprint density at radius 2 is 2.23 bits per heavy atom. The molecule has 1 N–H and O–H groups in total. The van der Waals surface area contributed by atoms with E-state index < -0.39 is 0 Å². The van der Waals surface area contributed by atoms with E-state index >= 15 is 0 Å². The molecule has 0 spiro atoms. The SMILES string of the molecule is CCC(C)CC1NCCOC1(C)C. The molecular weight excluding hydrogens is 162 g/mol. The van der Waals surface area contributed by atoms with E-state index in [2.05, 4.69) is 33.0 Å². The fourth-order valence-corrected chi connectivity index (χ4v) is 1.83. The summed E-state index contributed by atoms with van der Waals surface area (Å²) in [4.78, 5) is 0. The molecule has 0 aromatic heterocycles. The molecule has 1 rings (SSSR count). The Labute approximate surface area is 82.0 Å². The van der Waals surface area contributed by atoms with E-state index in [0.717, 1.165) is 19.1 Å². The molecule has 1 heterocycles. The normalized spacial score (nSPS) is 30.0. The molecule has 0 amide bonds. The van der Waals surface area contributed by atoms with Crippen molar-refractivity contribution in [2.45, 2.75) is 52.2 Å². The van der Waals surface area contributed by atoms with Crippen molar-refractivity contribution < 1.29 is 4.74 Å². The van der Waals surface area contributed by atoms with Crippen molar-refractivity contribution in [3.8, 4) is 0 Å². The number of hydrogen-bond donors (Lipinski definition) is 1. The van der Waals surface area contributed by atoms with Gasteiger partial charge in [0.2, 0.25) is 0 Å². The second kappa shape index (κ2) is 4.43. The topological polar surface area (TPSA) is 21.3 Å². The van der Waals surface area contributed by atoms with Crippen molar-refractivity contribution in [1.29, 1.82) is 0 Å². The molecule has 2 unspecified atom stereocenters. The Balaban J connectivity index is 2.46. The van der Waals surface area contributed by atoms with Gasteiger partial charge in [-0.25, -0.2) is 0 Å². The van der Waals surface area contributed by atoms with Gasteiger partial charge in [0, 0.05) is 12.6 Å². The smallest absolute Gasteiger partial charge is 0.0779 e. The van der Waals surface area contributed by atoms with Crippen LogP contribution in [0, 0.1) is 5.92 Å². The molecule has 1 aliphatic heterocycles. The summed E-state index contributed by atoms with van der Waals surface area (Å²) in [5.41, 5.74) is 0.0156. The number of rotatable bonds is 3. The first-order valence-corrected chi connectivity index (χ1v) is 5.43. The number of ether oxygens (including phenoxy) is 1. The summed E-state index contributed by atoms with van der Waals surface area (Å²) in [6.45, 7) is 10.8. The number of hydrogen-bond acceptors (Lipinski definition) is 2. The Kier molecular flexibility index (Phi) is 3.74. The van der Waals surface area contributed by atoms with E-state index in [9.17, 15) is 0 Å². The van der Waals surface area contributed by atoms with E-state index in [1.54, 1.807) is 0 Å². The summed E-state index contributed by atoms with van der Waals surface area (Å²) in [6, 6.07) is 0.524. The van der Waals surface area contributed by atoms with Crippen LogP contribution < -0.4 is 5.32 Å². The molecule has 0 saturated carbocycles. The minimum absolute atomic E-state index is 0.0156. The molecule has 2 heteroatoms. The monoisotopic (exact) mass is 185 g/mol. The highest BCUT2D eigenvalue weighted by molar-refractivity contribution is 4.89. The lowest BCUT2D eigenvalue weighted by Gasteiger charge is -2.40. The molecule has 0 bridgehead atoms. The van der Waals surface area contributed by atoms with Gasteiger partial charge in [-0.1, -0.05) is 20.3 Å². The lowest BCUT2D eigenvalue weighted by Crippen LogP contribution is -2.55. The quantitative estimate of drug-likeness (QED) is 0.727. The van der Waals surface area contributed by atoms with Crippen LogP contribution in [0.3, 0.4) is 0 Å². The van der Waals surface area contributed by atoms with Crippen LogP contribution in [-0.4, -0.2) is 24.8 Å². The van der Waals surface area contributed by atoms with Gasteiger partial charge in [0.25, 0.3) is 0 Å². The van der Waals surface area contributed by atoms with Crippen LogP contribution in [0.15, 0.2) is 0 Å². The molecule has 78 valence electrons. The lowest BCUT2D eigenvalue weighted by atomic mass is 9.88. The third-order valence-corrected chi connectivity index (χ3v) is 3.14. The molecule has 1 fully saturated rings. The van der Waals surface area contributed by atoms with Crippen molar-refractivity contribution in [2.24, 2.45) is 5.92 Å². The van der Waals surface area contributed by atoms with Crippen molar-refractivity contribution in [2.75, 3.05) is 13.2 Å². The second-order valence-electron chi connectivity index (χ2n) is 4.71. The zero-order chi connectivity index (χ0) is 9.90. The van der Waals surface area contributed by atoms with Gasteiger partial charge in [0.1, 0.15) is 0 Å². The first kappa shape index (κ1) is 11.0. The fourth-order valence-electron chi connectivity index (χ4n) is 1.83. The van der Waals surface area contributed by atoms with E-state index in [-0.39, 0.29) is 5.60 Å². The van der Waals surface area contributed by atoms with Crippen LogP contribution in [0.2, 0.25) is 0 Å². The summed E-state index contributed by atoms with van der Waals surface area (Å²) in [6.07, 6.45) is 2.48. The summed E-state index contributed by atoms with van der Waals surface area (Å²) in [7, 11) is 0. The maximum absolute atomic E-state index is 5.76. The standard InChI is InChI=1S/C11H23NO/c1-5-9(2)8-10-11(3,4)13-7-6-12-10/h9-10,12H,5-8H2,1-4H3. The molecule has 2 nitrogen and oxygen atoms in total. The molecule has 0 aromatic carbocycles. The van der Waals surface area contributed by atoms with E-state index in [0.29, 0.717) is 6.04 Å². The van der Waals surface area contributed by atoms with Gasteiger partial charge in [0.05, 0.1) is 12.2 Å². The van der Waals surface area contributed by atoms with Gasteiger partial charge in [0.15, 0.2) is 0 Å². The largest absolute Gasteiger partial charge is 0.373 e. The lowest BCUT2D eigenvalue weighted by molar-refractivity contribution is -0.0758. The van der Waals surface area contributed by atoms with Crippen molar-refractivity contribution in [3.05, 3.63) is 0 Å². The predicted octanol–water partition coefficient (Wildman–Crippen LogP) is 2.19. The Morgan fingerprint density at radius 1 is 1.54 bits per heavy atom. The summed E-state index contributed by atoms with van der Waals surface area (Å²) < 4.78 is 5.76. The van der Waals surface area contributed by atoms with Crippen LogP contribution in [0.25, 0.3) is 0 Å². The van der Waals surface area contributed by atoms with E-state index in [1.807, 2.05) is 0 Å². The van der Waals surface area contributed by atoms with Crippen LogP contribution in [0.1, 0.15) is 40.5 Å². The van der Waals surface area contributed by atoms with E-state index in [4.69, 9.17) is 4.74 Å². The Bertz CT molecular complexity index is 156. The van der Waals surface area contributed by atoms with E-state index in [1.165, 1.54) is 12.8 Å². The third-order valence-electron chi connectivity index (χ3n) is 3.14. The second-order valence-corrected chi connectivity index (χ2v) is 4.71. The van der Waals surface area contributed by atoms with Crippen molar-refractivity contribution in [1.82, 2.24) is 5.32 Å². The van der Waals surface area contributed by atoms with Crippen molar-refractivity contribution in [3.63, 3.8) is 0 Å². The van der Waals surface area contributed by atoms with Crippen LogP contribution in [0.4, 0.5) is 0 Å². The Morgan fingerprint density at radius 3 is 2.77 bits per heavy atom. The average molecular weight is 185 g/mol. The molecule has 0 aromatic rings. The minimum Gasteiger partial charge on any atom is -0.373 e. The highest BCUT2D eigenvalue weighted by Crippen LogP contribution is 2.24. The highest BCUT2D eigenvalue weighted by atomic mass is 16.5. The third kappa shape index (κ3) is 2.96. The molecule has 13 heavy (non-hydrogen) atoms. The van der Waals surface area contributed by atoms with Gasteiger partial charge in [-0.05, 0) is 26.2 Å². The molecule has 0 aliphatic carbocycles. The van der Waals surface area contributed by atoms with Gasteiger partial charge < -0.3 is 10.1 Å². The van der Waals surface area contributed by atoms with Gasteiger partial charge in [-0.15, -0.1) is 0 Å². The number of nitrogens with one attached hydrogen (secondary N) is 1. The zero-order valence-corrected chi connectivity index (χ0v) is 9.39. The average Bonchev–Trinajstić information content (AvgIpc) is 2.08. The zero-order valence-electron chi connectivity index (χ0n) is 9.39. The molecular formula is C11H23NO. The maximum atomic E-state index is 5.76. The van der Waals surface area contributed by atoms with Crippen molar-refractivity contribution >= 4 is 0 Å².